The van der Waals surface area contributed by atoms with Crippen LogP contribution < -0.4 is 4.74 Å². The van der Waals surface area contributed by atoms with Crippen LogP contribution in [0.4, 0.5) is 4.39 Å². The number of carbonyl (C=O) groups is 1. The zero-order valence-corrected chi connectivity index (χ0v) is 9.62. The fraction of sp³-hybridized carbons (Fsp3) is 0.417. The van der Waals surface area contributed by atoms with Crippen molar-refractivity contribution in [3.63, 3.8) is 0 Å². The molecule has 0 amide bonds. The van der Waals surface area contributed by atoms with E-state index in [0.717, 1.165) is 0 Å². The van der Waals surface area contributed by atoms with Crippen LogP contribution in [0.5, 0.6) is 5.75 Å². The van der Waals surface area contributed by atoms with E-state index in [9.17, 15) is 9.18 Å². The van der Waals surface area contributed by atoms with Crippen molar-refractivity contribution in [1.29, 1.82) is 0 Å². The van der Waals surface area contributed by atoms with E-state index in [1.807, 2.05) is 0 Å². The summed E-state index contributed by atoms with van der Waals surface area (Å²) in [5.41, 5.74) is -1.92. The van der Waals surface area contributed by atoms with Crippen LogP contribution in [0.15, 0.2) is 24.3 Å². The Hall–Kier alpha value is -1.58. The van der Waals surface area contributed by atoms with E-state index in [0.29, 0.717) is 5.75 Å². The molecule has 1 rings (SSSR count). The maximum atomic E-state index is 14.2. The van der Waals surface area contributed by atoms with Gasteiger partial charge in [-0.3, -0.25) is 0 Å². The average molecular weight is 226 g/mol. The van der Waals surface area contributed by atoms with E-state index >= 15 is 0 Å². The van der Waals surface area contributed by atoms with Crippen molar-refractivity contribution < 1.29 is 18.7 Å². The first kappa shape index (κ1) is 12.5. The number of ether oxygens (including phenoxy) is 2. The standard InChI is InChI=1S/C12H15FO3/c1-4-16-11(14)12(2,13)9-6-5-7-10(8-9)15-3/h5-8H,4H2,1-3H3. The van der Waals surface area contributed by atoms with Crippen LogP contribution in [0.25, 0.3) is 0 Å². The number of benzene rings is 1. The van der Waals surface area contributed by atoms with Gasteiger partial charge in [0, 0.05) is 5.56 Å². The Bertz CT molecular complexity index is 374. The van der Waals surface area contributed by atoms with Gasteiger partial charge in [0.25, 0.3) is 0 Å². The predicted octanol–water partition coefficient (Wildman–Crippen LogP) is 2.44. The van der Waals surface area contributed by atoms with Crippen molar-refractivity contribution in [2.45, 2.75) is 19.5 Å². The maximum Gasteiger partial charge on any atom is 0.348 e. The number of esters is 1. The Morgan fingerprint density at radius 2 is 2.19 bits per heavy atom. The Labute approximate surface area is 94.2 Å². The molecule has 4 heteroatoms. The molecule has 0 aliphatic rings. The van der Waals surface area contributed by atoms with Gasteiger partial charge in [-0.2, -0.15) is 0 Å². The second-order valence-corrected chi connectivity index (χ2v) is 3.46. The normalized spacial score (nSPS) is 14.0. The van der Waals surface area contributed by atoms with Crippen LogP contribution in [-0.4, -0.2) is 19.7 Å². The average Bonchev–Trinajstić information content (AvgIpc) is 2.29. The molecule has 3 nitrogen and oxygen atoms in total. The van der Waals surface area contributed by atoms with Crippen LogP contribution in [0, 0.1) is 0 Å². The van der Waals surface area contributed by atoms with Gasteiger partial charge in [-0.25, -0.2) is 9.18 Å². The summed E-state index contributed by atoms with van der Waals surface area (Å²) in [6.07, 6.45) is 0. The number of halogens is 1. The number of rotatable bonds is 4. The molecule has 0 saturated carbocycles. The van der Waals surface area contributed by atoms with Crippen molar-refractivity contribution in [1.82, 2.24) is 0 Å². The van der Waals surface area contributed by atoms with Gasteiger partial charge in [0.2, 0.25) is 5.67 Å². The Balaban J connectivity index is 3.01. The fourth-order valence-electron chi connectivity index (χ4n) is 1.30. The highest BCUT2D eigenvalue weighted by Crippen LogP contribution is 2.29. The first-order valence-electron chi connectivity index (χ1n) is 5.03. The maximum absolute atomic E-state index is 14.2. The van der Waals surface area contributed by atoms with Crippen LogP contribution >= 0.6 is 0 Å². The Morgan fingerprint density at radius 3 is 2.75 bits per heavy atom. The number of hydrogen-bond acceptors (Lipinski definition) is 3. The van der Waals surface area contributed by atoms with Gasteiger partial charge in [0.15, 0.2) is 0 Å². The van der Waals surface area contributed by atoms with E-state index in [-0.39, 0.29) is 12.2 Å². The van der Waals surface area contributed by atoms with E-state index in [4.69, 9.17) is 4.74 Å². The highest BCUT2D eigenvalue weighted by atomic mass is 19.1. The lowest BCUT2D eigenvalue weighted by Gasteiger charge is -2.19. The molecule has 1 atom stereocenters. The molecule has 0 radical (unpaired) electrons. The van der Waals surface area contributed by atoms with Gasteiger partial charge >= 0.3 is 5.97 Å². The minimum Gasteiger partial charge on any atom is -0.497 e. The molecular formula is C12H15FO3. The van der Waals surface area contributed by atoms with Gasteiger partial charge in [-0.15, -0.1) is 0 Å². The molecule has 0 bridgehead atoms. The summed E-state index contributed by atoms with van der Waals surface area (Å²) in [6, 6.07) is 6.33. The van der Waals surface area contributed by atoms with Gasteiger partial charge in [0.05, 0.1) is 13.7 Å². The Kier molecular flexibility index (Phi) is 3.88. The second kappa shape index (κ2) is 4.96. The van der Waals surface area contributed by atoms with E-state index in [1.165, 1.54) is 26.2 Å². The summed E-state index contributed by atoms with van der Waals surface area (Å²) in [5.74, 6) is -0.381. The summed E-state index contributed by atoms with van der Waals surface area (Å²) >= 11 is 0. The van der Waals surface area contributed by atoms with Crippen LogP contribution in [0.2, 0.25) is 0 Å². The van der Waals surface area contributed by atoms with Crippen LogP contribution in [0.3, 0.4) is 0 Å². The molecule has 0 spiro atoms. The van der Waals surface area contributed by atoms with Crippen LogP contribution in [0.1, 0.15) is 19.4 Å². The molecule has 0 heterocycles. The number of carbonyl (C=O) groups excluding carboxylic acids is 1. The van der Waals surface area contributed by atoms with E-state index in [2.05, 4.69) is 4.74 Å². The largest absolute Gasteiger partial charge is 0.497 e. The third kappa shape index (κ3) is 2.51. The first-order valence-corrected chi connectivity index (χ1v) is 5.03. The monoisotopic (exact) mass is 226 g/mol. The fourth-order valence-corrected chi connectivity index (χ4v) is 1.30. The molecule has 0 N–H and O–H groups in total. The summed E-state index contributed by atoms with van der Waals surface area (Å²) in [5, 5.41) is 0. The zero-order chi connectivity index (χ0) is 12.2. The molecular weight excluding hydrogens is 211 g/mol. The van der Waals surface area contributed by atoms with Gasteiger partial charge in [-0.05, 0) is 26.0 Å². The number of methoxy groups -OCH3 is 1. The lowest BCUT2D eigenvalue weighted by Crippen LogP contribution is -2.29. The van der Waals surface area contributed by atoms with Gasteiger partial charge in [-0.1, -0.05) is 12.1 Å². The molecule has 0 aliphatic carbocycles. The van der Waals surface area contributed by atoms with E-state index < -0.39 is 11.6 Å². The van der Waals surface area contributed by atoms with Crippen molar-refractivity contribution in [2.24, 2.45) is 0 Å². The molecule has 16 heavy (non-hydrogen) atoms. The lowest BCUT2D eigenvalue weighted by molar-refractivity contribution is -0.156. The number of hydrogen-bond donors (Lipinski definition) is 0. The highest BCUT2D eigenvalue weighted by Gasteiger charge is 2.37. The molecule has 1 unspecified atom stereocenters. The van der Waals surface area contributed by atoms with E-state index in [1.54, 1.807) is 19.1 Å². The lowest BCUT2D eigenvalue weighted by atomic mass is 9.98. The van der Waals surface area contributed by atoms with Crippen molar-refractivity contribution >= 4 is 5.97 Å². The minimum atomic E-state index is -2.15. The second-order valence-electron chi connectivity index (χ2n) is 3.46. The summed E-state index contributed by atoms with van der Waals surface area (Å²) in [7, 11) is 1.49. The molecule has 0 aromatic heterocycles. The third-order valence-electron chi connectivity index (χ3n) is 2.27. The molecule has 0 aliphatic heterocycles. The highest BCUT2D eigenvalue weighted by molar-refractivity contribution is 5.80. The molecule has 88 valence electrons. The Morgan fingerprint density at radius 1 is 1.50 bits per heavy atom. The van der Waals surface area contributed by atoms with Gasteiger partial charge < -0.3 is 9.47 Å². The molecule has 1 aromatic carbocycles. The quantitative estimate of drug-likeness (QED) is 0.740. The zero-order valence-electron chi connectivity index (χ0n) is 9.62. The van der Waals surface area contributed by atoms with Crippen LogP contribution in [-0.2, 0) is 15.2 Å². The molecule has 0 saturated heterocycles. The summed E-state index contributed by atoms with van der Waals surface area (Å²) in [4.78, 5) is 11.4. The van der Waals surface area contributed by atoms with Crippen molar-refractivity contribution in [3.05, 3.63) is 29.8 Å². The first-order chi connectivity index (χ1) is 7.52. The van der Waals surface area contributed by atoms with Crippen molar-refractivity contribution in [2.75, 3.05) is 13.7 Å². The number of alkyl halides is 1. The summed E-state index contributed by atoms with van der Waals surface area (Å²) < 4.78 is 23.8. The smallest absolute Gasteiger partial charge is 0.348 e. The SMILES string of the molecule is CCOC(=O)C(C)(F)c1cccc(OC)c1. The summed E-state index contributed by atoms with van der Waals surface area (Å²) in [6.45, 7) is 2.97. The predicted molar refractivity (Wildman–Crippen MR) is 58.1 cm³/mol. The minimum absolute atomic E-state index is 0.155. The van der Waals surface area contributed by atoms with Gasteiger partial charge in [0.1, 0.15) is 5.75 Å². The molecule has 1 aromatic rings. The van der Waals surface area contributed by atoms with Crippen molar-refractivity contribution in [3.8, 4) is 5.75 Å². The topological polar surface area (TPSA) is 35.5 Å². The molecule has 0 fully saturated rings. The third-order valence-corrected chi connectivity index (χ3v) is 2.27.